The number of nitrogens with zero attached hydrogens (tertiary/aromatic N) is 3. The van der Waals surface area contributed by atoms with Gasteiger partial charge in [-0.15, -0.1) is 10.2 Å². The largest absolute Gasteiger partial charge is 0.338 e. The maximum absolute atomic E-state index is 12.0. The second kappa shape index (κ2) is 5.22. The molecule has 0 radical (unpaired) electrons. The van der Waals surface area contributed by atoms with E-state index in [1.165, 1.54) is 11.3 Å². The molecule has 0 aliphatic heterocycles. The summed E-state index contributed by atoms with van der Waals surface area (Å²) in [4.78, 5) is 12.0. The topological polar surface area (TPSA) is 59.8 Å². The van der Waals surface area contributed by atoms with Crippen LogP contribution in [0.25, 0.3) is 10.9 Å². The summed E-state index contributed by atoms with van der Waals surface area (Å²) < 4.78 is 1.85. The van der Waals surface area contributed by atoms with Crippen LogP contribution in [0.3, 0.4) is 0 Å². The van der Waals surface area contributed by atoms with Crippen molar-refractivity contribution in [2.24, 2.45) is 0 Å². The van der Waals surface area contributed by atoms with Crippen molar-refractivity contribution in [3.05, 3.63) is 40.5 Å². The number of aryl methyl sites for hydroxylation is 1. The van der Waals surface area contributed by atoms with Gasteiger partial charge >= 0.3 is 0 Å². The van der Waals surface area contributed by atoms with Crippen LogP contribution in [0.15, 0.2) is 30.5 Å². The second-order valence-corrected chi connectivity index (χ2v) is 5.94. The molecule has 0 fully saturated rings. The Hall–Kier alpha value is -1.92. The van der Waals surface area contributed by atoms with Crippen LogP contribution in [-0.2, 0) is 11.3 Å². The Balaban J connectivity index is 1.79. The first kappa shape index (κ1) is 13.1. The summed E-state index contributed by atoms with van der Waals surface area (Å²) in [6, 6.07) is 7.56. The van der Waals surface area contributed by atoms with E-state index in [0.29, 0.717) is 10.2 Å². The second-order valence-electron chi connectivity index (χ2n) is 4.32. The van der Waals surface area contributed by atoms with Gasteiger partial charge in [0, 0.05) is 16.7 Å². The Bertz CT molecular complexity index is 780. The molecule has 1 N–H and O–H groups in total. The molecule has 1 amide bonds. The first-order valence-corrected chi connectivity index (χ1v) is 7.15. The van der Waals surface area contributed by atoms with Gasteiger partial charge in [-0.25, -0.2) is 0 Å². The molecule has 0 spiro atoms. The van der Waals surface area contributed by atoms with Gasteiger partial charge in [0.05, 0.1) is 0 Å². The lowest BCUT2D eigenvalue weighted by Crippen LogP contribution is -2.18. The lowest BCUT2D eigenvalue weighted by Gasteiger charge is -2.05. The summed E-state index contributed by atoms with van der Waals surface area (Å²) in [5.41, 5.74) is 0.932. The van der Waals surface area contributed by atoms with Gasteiger partial charge in [0.25, 0.3) is 0 Å². The van der Waals surface area contributed by atoms with Crippen molar-refractivity contribution in [1.29, 1.82) is 0 Å². The molecule has 7 heteroatoms. The average molecular weight is 307 g/mol. The fourth-order valence-corrected chi connectivity index (χ4v) is 2.73. The molecule has 0 saturated heterocycles. The summed E-state index contributed by atoms with van der Waals surface area (Å²) in [5, 5.41) is 13.5. The van der Waals surface area contributed by atoms with Gasteiger partial charge in [-0.05, 0) is 30.5 Å². The van der Waals surface area contributed by atoms with Gasteiger partial charge < -0.3 is 4.57 Å². The number of carbonyl (C=O) groups is 1. The molecule has 1 aromatic carbocycles. The van der Waals surface area contributed by atoms with Crippen molar-refractivity contribution < 1.29 is 4.79 Å². The van der Waals surface area contributed by atoms with Crippen LogP contribution in [-0.4, -0.2) is 20.7 Å². The highest BCUT2D eigenvalue weighted by Gasteiger charge is 2.09. The van der Waals surface area contributed by atoms with E-state index in [1.807, 2.05) is 42.0 Å². The number of anilines is 1. The molecule has 2 heterocycles. The van der Waals surface area contributed by atoms with E-state index in [4.69, 9.17) is 11.6 Å². The molecule has 0 aliphatic rings. The molecule has 2 aromatic heterocycles. The third kappa shape index (κ3) is 2.66. The number of hydrogen-bond acceptors (Lipinski definition) is 4. The smallest absolute Gasteiger partial charge is 0.246 e. The van der Waals surface area contributed by atoms with E-state index < -0.39 is 0 Å². The summed E-state index contributed by atoms with van der Waals surface area (Å²) in [7, 11) is 0. The van der Waals surface area contributed by atoms with Gasteiger partial charge in [-0.3, -0.25) is 10.1 Å². The molecule has 3 rings (SSSR count). The number of hydrogen-bond donors (Lipinski definition) is 1. The van der Waals surface area contributed by atoms with E-state index in [-0.39, 0.29) is 12.5 Å². The monoisotopic (exact) mass is 306 g/mol. The fourth-order valence-electron chi connectivity index (χ4n) is 1.96. The minimum atomic E-state index is -0.140. The maximum Gasteiger partial charge on any atom is 0.246 e. The van der Waals surface area contributed by atoms with Gasteiger partial charge in [0.1, 0.15) is 11.6 Å². The lowest BCUT2D eigenvalue weighted by molar-refractivity contribution is -0.116. The van der Waals surface area contributed by atoms with Crippen LogP contribution in [0.1, 0.15) is 5.01 Å². The van der Waals surface area contributed by atoms with Gasteiger partial charge in [0.2, 0.25) is 11.0 Å². The van der Waals surface area contributed by atoms with Crippen molar-refractivity contribution in [3.8, 4) is 0 Å². The number of benzene rings is 1. The summed E-state index contributed by atoms with van der Waals surface area (Å²) in [5.74, 6) is -0.140. The summed E-state index contributed by atoms with van der Waals surface area (Å²) in [6.07, 6.45) is 1.87. The van der Waals surface area contributed by atoms with E-state index in [9.17, 15) is 4.79 Å². The van der Waals surface area contributed by atoms with Crippen molar-refractivity contribution in [2.75, 3.05) is 5.32 Å². The molecule has 5 nitrogen and oxygen atoms in total. The number of rotatable bonds is 3. The molecule has 102 valence electrons. The highest BCUT2D eigenvalue weighted by atomic mass is 35.5. The summed E-state index contributed by atoms with van der Waals surface area (Å²) >= 11 is 7.34. The van der Waals surface area contributed by atoms with Crippen LogP contribution in [0.4, 0.5) is 5.13 Å². The Morgan fingerprint density at radius 2 is 2.25 bits per heavy atom. The standard InChI is InChI=1S/C13H11ClN4OS/c1-8-16-17-13(20-8)15-12(19)7-18-5-4-9-2-3-10(14)6-11(9)18/h2-6H,7H2,1H3,(H,15,17,19). The minimum absolute atomic E-state index is 0.140. The molecule has 0 saturated carbocycles. The van der Waals surface area contributed by atoms with Crippen molar-refractivity contribution >= 4 is 44.9 Å². The molecular weight excluding hydrogens is 296 g/mol. The number of fused-ring (bicyclic) bond motifs is 1. The molecule has 3 aromatic rings. The Morgan fingerprint density at radius 3 is 3.00 bits per heavy atom. The zero-order valence-electron chi connectivity index (χ0n) is 10.6. The van der Waals surface area contributed by atoms with Crippen molar-refractivity contribution in [3.63, 3.8) is 0 Å². The lowest BCUT2D eigenvalue weighted by atomic mass is 10.2. The van der Waals surface area contributed by atoms with Crippen LogP contribution >= 0.6 is 22.9 Å². The predicted molar refractivity (Wildman–Crippen MR) is 80.2 cm³/mol. The first-order valence-electron chi connectivity index (χ1n) is 5.96. The van der Waals surface area contributed by atoms with Gasteiger partial charge in [0.15, 0.2) is 0 Å². The van der Waals surface area contributed by atoms with Crippen LogP contribution in [0.5, 0.6) is 0 Å². The Morgan fingerprint density at radius 1 is 1.40 bits per heavy atom. The molecule has 0 bridgehead atoms. The third-order valence-corrected chi connectivity index (χ3v) is 3.81. The normalized spacial score (nSPS) is 10.9. The molecule has 0 unspecified atom stereocenters. The van der Waals surface area contributed by atoms with Gasteiger partial charge in [-0.1, -0.05) is 29.0 Å². The first-order chi connectivity index (χ1) is 9.61. The zero-order valence-corrected chi connectivity index (χ0v) is 12.2. The Kier molecular flexibility index (Phi) is 3.42. The number of carbonyl (C=O) groups excluding carboxylic acids is 1. The average Bonchev–Trinajstić information content (AvgIpc) is 2.97. The zero-order chi connectivity index (χ0) is 14.1. The molecule has 0 aliphatic carbocycles. The highest BCUT2D eigenvalue weighted by molar-refractivity contribution is 7.15. The van der Waals surface area contributed by atoms with Crippen molar-refractivity contribution in [1.82, 2.24) is 14.8 Å². The summed E-state index contributed by atoms with van der Waals surface area (Å²) in [6.45, 7) is 2.05. The van der Waals surface area contributed by atoms with Crippen LogP contribution in [0.2, 0.25) is 5.02 Å². The highest BCUT2D eigenvalue weighted by Crippen LogP contribution is 2.21. The minimum Gasteiger partial charge on any atom is -0.338 e. The number of nitrogens with one attached hydrogen (secondary N) is 1. The van der Waals surface area contributed by atoms with E-state index >= 15 is 0 Å². The van der Waals surface area contributed by atoms with Crippen LogP contribution in [0, 0.1) is 6.92 Å². The van der Waals surface area contributed by atoms with E-state index in [0.717, 1.165) is 15.9 Å². The van der Waals surface area contributed by atoms with Crippen molar-refractivity contribution in [2.45, 2.75) is 13.5 Å². The molecule has 0 atom stereocenters. The third-order valence-electron chi connectivity index (χ3n) is 2.82. The van der Waals surface area contributed by atoms with Crippen LogP contribution < -0.4 is 5.32 Å². The van der Waals surface area contributed by atoms with E-state index in [2.05, 4.69) is 15.5 Å². The number of halogens is 1. The van der Waals surface area contributed by atoms with Gasteiger partial charge in [-0.2, -0.15) is 0 Å². The van der Waals surface area contributed by atoms with E-state index in [1.54, 1.807) is 0 Å². The number of amides is 1. The predicted octanol–water partition coefficient (Wildman–Crippen LogP) is 3.09. The quantitative estimate of drug-likeness (QED) is 0.809. The number of aromatic nitrogens is 3. The fraction of sp³-hybridized carbons (Fsp3) is 0.154. The molecular formula is C13H11ClN4OS. The molecule has 20 heavy (non-hydrogen) atoms. The Labute approximate surface area is 124 Å². The SMILES string of the molecule is Cc1nnc(NC(=O)Cn2ccc3ccc(Cl)cc32)s1. The maximum atomic E-state index is 12.0.